The third kappa shape index (κ3) is 2.36. The van der Waals surface area contributed by atoms with Crippen LogP contribution in [0.3, 0.4) is 0 Å². The van der Waals surface area contributed by atoms with Crippen LogP contribution in [0.2, 0.25) is 5.02 Å². The van der Waals surface area contributed by atoms with Gasteiger partial charge in [0.1, 0.15) is 12.2 Å². The van der Waals surface area contributed by atoms with Crippen molar-refractivity contribution in [3.8, 4) is 12.3 Å². The lowest BCUT2D eigenvalue weighted by Crippen LogP contribution is -2.24. The Morgan fingerprint density at radius 2 is 2.39 bits per heavy atom. The molecule has 6 nitrogen and oxygen atoms in total. The van der Waals surface area contributed by atoms with E-state index in [1.807, 2.05) is 0 Å². The van der Waals surface area contributed by atoms with Crippen LogP contribution in [0.5, 0.6) is 0 Å². The summed E-state index contributed by atoms with van der Waals surface area (Å²) in [4.78, 5) is 12.0. The molecule has 0 saturated heterocycles. The molecule has 0 radical (unpaired) electrons. The fourth-order valence-electron chi connectivity index (χ4n) is 1.39. The number of hydrogen-bond donors (Lipinski definition) is 1. The van der Waals surface area contributed by atoms with Crippen LogP contribution in [0.1, 0.15) is 0 Å². The van der Waals surface area contributed by atoms with Gasteiger partial charge in [-0.2, -0.15) is 10.2 Å². The second kappa shape index (κ2) is 4.94. The fraction of sp³-hybridized carbons (Fsp3) is 0.182. The Morgan fingerprint density at radius 3 is 3.00 bits per heavy atom. The Bertz CT molecular complexity index is 667. The number of hydrogen-bond acceptors (Lipinski definition) is 4. The minimum Gasteiger partial charge on any atom is -0.333 e. The molecule has 0 fully saturated rings. The van der Waals surface area contributed by atoms with E-state index in [0.29, 0.717) is 5.82 Å². The van der Waals surface area contributed by atoms with Gasteiger partial charge in [0.25, 0.3) is 5.56 Å². The molecule has 0 aliphatic heterocycles. The standard InChI is InChI=1S/C11H10ClN5O/c1-3-5-17-11(18)10(8(12)7-13-17)14-9-4-6-16(2)15-9/h1,4,6-7H,5H2,2H3,(H,14,15). The van der Waals surface area contributed by atoms with Gasteiger partial charge in [-0.15, -0.1) is 6.42 Å². The topological polar surface area (TPSA) is 64.7 Å². The van der Waals surface area contributed by atoms with Crippen molar-refractivity contribution in [2.45, 2.75) is 6.54 Å². The van der Waals surface area contributed by atoms with E-state index in [1.54, 1.807) is 24.0 Å². The number of nitrogens with zero attached hydrogens (tertiary/aromatic N) is 4. The predicted octanol–water partition coefficient (Wildman–Crippen LogP) is 1.01. The summed E-state index contributed by atoms with van der Waals surface area (Å²) in [6.07, 6.45) is 8.27. The number of rotatable bonds is 3. The van der Waals surface area contributed by atoms with Gasteiger partial charge in [-0.1, -0.05) is 17.5 Å². The Kier molecular flexibility index (Phi) is 3.35. The van der Waals surface area contributed by atoms with Crippen molar-refractivity contribution >= 4 is 23.1 Å². The summed E-state index contributed by atoms with van der Waals surface area (Å²) in [5.41, 5.74) is -0.174. The van der Waals surface area contributed by atoms with Gasteiger partial charge in [0, 0.05) is 19.3 Å². The molecule has 0 aliphatic rings. The molecule has 2 aromatic heterocycles. The maximum absolute atomic E-state index is 12.0. The molecule has 0 amide bonds. The van der Waals surface area contributed by atoms with Gasteiger partial charge in [-0.25, -0.2) is 4.68 Å². The molecule has 0 spiro atoms. The van der Waals surface area contributed by atoms with Crippen LogP contribution in [0.4, 0.5) is 11.5 Å². The van der Waals surface area contributed by atoms with Gasteiger partial charge in [-0.3, -0.25) is 9.48 Å². The molecule has 92 valence electrons. The van der Waals surface area contributed by atoms with Gasteiger partial charge >= 0.3 is 0 Å². The molecule has 2 rings (SSSR count). The monoisotopic (exact) mass is 263 g/mol. The summed E-state index contributed by atoms with van der Waals surface area (Å²) < 4.78 is 2.76. The van der Waals surface area contributed by atoms with Crippen LogP contribution in [0.25, 0.3) is 0 Å². The maximum atomic E-state index is 12.0. The van der Waals surface area contributed by atoms with E-state index in [9.17, 15) is 4.79 Å². The molecule has 0 bridgehead atoms. The molecule has 0 aliphatic carbocycles. The van der Waals surface area contributed by atoms with Crippen molar-refractivity contribution in [1.82, 2.24) is 19.6 Å². The molecule has 2 heterocycles. The van der Waals surface area contributed by atoms with Crippen LogP contribution in [-0.2, 0) is 13.6 Å². The summed E-state index contributed by atoms with van der Waals surface area (Å²) in [5.74, 6) is 2.87. The number of nitrogens with one attached hydrogen (secondary N) is 1. The van der Waals surface area contributed by atoms with E-state index in [-0.39, 0.29) is 22.8 Å². The number of halogens is 1. The summed E-state index contributed by atoms with van der Waals surface area (Å²) in [7, 11) is 1.77. The average molecular weight is 264 g/mol. The summed E-state index contributed by atoms with van der Waals surface area (Å²) in [5, 5.41) is 11.0. The van der Waals surface area contributed by atoms with Crippen LogP contribution in [-0.4, -0.2) is 19.6 Å². The summed E-state index contributed by atoms with van der Waals surface area (Å²) in [6.45, 7) is 0.0902. The van der Waals surface area contributed by atoms with Crippen molar-refractivity contribution in [2.75, 3.05) is 5.32 Å². The van der Waals surface area contributed by atoms with Gasteiger partial charge in [0.05, 0.1) is 11.2 Å². The van der Waals surface area contributed by atoms with Gasteiger partial charge in [-0.05, 0) is 0 Å². The summed E-state index contributed by atoms with van der Waals surface area (Å²) in [6, 6.07) is 1.72. The smallest absolute Gasteiger partial charge is 0.292 e. The number of aryl methyl sites for hydroxylation is 1. The Hall–Kier alpha value is -2.26. The minimum atomic E-state index is -0.383. The minimum absolute atomic E-state index is 0.0902. The molecule has 0 atom stereocenters. The van der Waals surface area contributed by atoms with Crippen molar-refractivity contribution in [2.24, 2.45) is 7.05 Å². The second-order valence-corrected chi connectivity index (χ2v) is 3.94. The highest BCUT2D eigenvalue weighted by Crippen LogP contribution is 2.19. The molecule has 0 aromatic carbocycles. The zero-order chi connectivity index (χ0) is 13.1. The first kappa shape index (κ1) is 12.2. The summed E-state index contributed by atoms with van der Waals surface area (Å²) >= 11 is 5.93. The molecular weight excluding hydrogens is 254 g/mol. The number of aromatic nitrogens is 4. The third-order valence-corrected chi connectivity index (χ3v) is 2.49. The zero-order valence-corrected chi connectivity index (χ0v) is 10.3. The lowest BCUT2D eigenvalue weighted by Gasteiger charge is -2.07. The maximum Gasteiger partial charge on any atom is 0.292 e. The molecule has 0 saturated carbocycles. The highest BCUT2D eigenvalue weighted by molar-refractivity contribution is 6.33. The first-order chi connectivity index (χ1) is 8.61. The van der Waals surface area contributed by atoms with E-state index in [2.05, 4.69) is 21.4 Å². The zero-order valence-electron chi connectivity index (χ0n) is 9.59. The fourth-order valence-corrected chi connectivity index (χ4v) is 1.56. The normalized spacial score (nSPS) is 10.1. The highest BCUT2D eigenvalue weighted by atomic mass is 35.5. The van der Waals surface area contributed by atoms with Crippen LogP contribution < -0.4 is 10.9 Å². The molecule has 0 unspecified atom stereocenters. The van der Waals surface area contributed by atoms with Gasteiger partial charge < -0.3 is 5.32 Å². The third-order valence-electron chi connectivity index (χ3n) is 2.21. The van der Waals surface area contributed by atoms with Crippen LogP contribution in [0.15, 0.2) is 23.3 Å². The molecule has 2 aromatic rings. The number of anilines is 2. The van der Waals surface area contributed by atoms with E-state index < -0.39 is 0 Å². The largest absolute Gasteiger partial charge is 0.333 e. The Balaban J connectivity index is 2.41. The first-order valence-electron chi connectivity index (χ1n) is 5.07. The van der Waals surface area contributed by atoms with Gasteiger partial charge in [0.15, 0.2) is 5.82 Å². The lowest BCUT2D eigenvalue weighted by molar-refractivity contribution is 0.665. The van der Waals surface area contributed by atoms with Crippen LogP contribution in [0, 0.1) is 12.3 Å². The first-order valence-corrected chi connectivity index (χ1v) is 5.45. The van der Waals surface area contributed by atoms with E-state index in [1.165, 1.54) is 6.20 Å². The van der Waals surface area contributed by atoms with Crippen molar-refractivity contribution in [3.05, 3.63) is 33.8 Å². The van der Waals surface area contributed by atoms with E-state index in [4.69, 9.17) is 18.0 Å². The Labute approximate surface area is 108 Å². The lowest BCUT2D eigenvalue weighted by atomic mass is 10.4. The van der Waals surface area contributed by atoms with Crippen LogP contribution >= 0.6 is 11.6 Å². The van der Waals surface area contributed by atoms with Crippen molar-refractivity contribution in [3.63, 3.8) is 0 Å². The SMILES string of the molecule is C#CCn1ncc(Cl)c(Nc2ccn(C)n2)c1=O. The molecule has 7 heteroatoms. The molecule has 1 N–H and O–H groups in total. The Morgan fingerprint density at radius 1 is 1.61 bits per heavy atom. The molecule has 18 heavy (non-hydrogen) atoms. The average Bonchev–Trinajstić information content (AvgIpc) is 2.74. The highest BCUT2D eigenvalue weighted by Gasteiger charge is 2.10. The quantitative estimate of drug-likeness (QED) is 0.840. The predicted molar refractivity (Wildman–Crippen MR) is 68.8 cm³/mol. The van der Waals surface area contributed by atoms with E-state index in [0.717, 1.165) is 4.68 Å². The van der Waals surface area contributed by atoms with Gasteiger partial charge in [0.2, 0.25) is 0 Å². The second-order valence-electron chi connectivity index (χ2n) is 3.53. The number of terminal acetylenes is 1. The van der Waals surface area contributed by atoms with Crippen molar-refractivity contribution < 1.29 is 0 Å². The van der Waals surface area contributed by atoms with Crippen molar-refractivity contribution in [1.29, 1.82) is 0 Å². The molecular formula is C11H10ClN5O. The van der Waals surface area contributed by atoms with E-state index >= 15 is 0 Å².